The topological polar surface area (TPSA) is 73.9 Å². The van der Waals surface area contributed by atoms with Crippen LogP contribution in [0.1, 0.15) is 27.2 Å². The highest BCUT2D eigenvalue weighted by Gasteiger charge is 2.25. The summed E-state index contributed by atoms with van der Waals surface area (Å²) in [5, 5.41) is 2.53. The van der Waals surface area contributed by atoms with Gasteiger partial charge in [0, 0.05) is 10.9 Å². The first-order valence-electron chi connectivity index (χ1n) is 9.24. The number of rotatable bonds is 7. The van der Waals surface area contributed by atoms with E-state index in [9.17, 15) is 9.59 Å². The van der Waals surface area contributed by atoms with Crippen LogP contribution in [-0.2, 0) is 14.3 Å². The second-order valence-electron chi connectivity index (χ2n) is 7.39. The molecule has 7 heteroatoms. The number of hydrogen-bond donors (Lipinski definition) is 1. The number of nitrogens with one attached hydrogen (secondary N) is 1. The maximum absolute atomic E-state index is 11.9. The van der Waals surface area contributed by atoms with E-state index in [4.69, 9.17) is 14.2 Å². The molecular formula is C22H26BrNO5. The molecule has 2 aromatic rings. The van der Waals surface area contributed by atoms with Crippen molar-refractivity contribution in [3.05, 3.63) is 53.0 Å². The minimum absolute atomic E-state index is 0.229. The molecule has 6 nitrogen and oxygen atoms in total. The first-order valence-corrected chi connectivity index (χ1v) is 10.0. The van der Waals surface area contributed by atoms with E-state index in [0.717, 1.165) is 15.6 Å². The van der Waals surface area contributed by atoms with Gasteiger partial charge >= 0.3 is 12.1 Å². The van der Waals surface area contributed by atoms with E-state index in [-0.39, 0.29) is 13.0 Å². The van der Waals surface area contributed by atoms with Gasteiger partial charge in [0.05, 0.1) is 13.7 Å². The van der Waals surface area contributed by atoms with Crippen molar-refractivity contribution < 1.29 is 23.8 Å². The van der Waals surface area contributed by atoms with E-state index in [0.29, 0.717) is 5.75 Å². The van der Waals surface area contributed by atoms with E-state index in [2.05, 4.69) is 21.2 Å². The molecule has 0 heterocycles. The summed E-state index contributed by atoms with van der Waals surface area (Å²) in [7, 11) is 1.27. The van der Waals surface area contributed by atoms with Crippen LogP contribution in [0.3, 0.4) is 0 Å². The van der Waals surface area contributed by atoms with Crippen LogP contribution in [0.4, 0.5) is 4.79 Å². The zero-order chi connectivity index (χ0) is 21.4. The Kier molecular flexibility index (Phi) is 8.08. The number of halogens is 1. The lowest BCUT2D eigenvalue weighted by atomic mass is 10.1. The molecule has 2 aromatic carbocycles. The van der Waals surface area contributed by atoms with Crippen molar-refractivity contribution >= 4 is 28.0 Å². The lowest BCUT2D eigenvalue weighted by Crippen LogP contribution is -2.44. The molecule has 0 fully saturated rings. The molecule has 0 aromatic heterocycles. The molecule has 1 N–H and O–H groups in total. The quantitative estimate of drug-likeness (QED) is 0.587. The zero-order valence-electron chi connectivity index (χ0n) is 17.0. The van der Waals surface area contributed by atoms with Crippen molar-refractivity contribution in [2.24, 2.45) is 0 Å². The van der Waals surface area contributed by atoms with Crippen LogP contribution in [0, 0.1) is 0 Å². The summed E-state index contributed by atoms with van der Waals surface area (Å²) in [6.45, 7) is 5.48. The molecule has 0 radical (unpaired) electrons. The lowest BCUT2D eigenvalue weighted by molar-refractivity contribution is -0.143. The minimum Gasteiger partial charge on any atom is -0.494 e. The van der Waals surface area contributed by atoms with Crippen molar-refractivity contribution in [1.82, 2.24) is 5.32 Å². The molecule has 156 valence electrons. The number of amides is 1. The van der Waals surface area contributed by atoms with Gasteiger partial charge in [-0.2, -0.15) is 0 Å². The summed E-state index contributed by atoms with van der Waals surface area (Å²) in [5.41, 5.74) is 1.52. The molecule has 0 saturated heterocycles. The van der Waals surface area contributed by atoms with Gasteiger partial charge in [-0.15, -0.1) is 0 Å². The van der Waals surface area contributed by atoms with Gasteiger partial charge in [0.1, 0.15) is 17.4 Å². The van der Waals surface area contributed by atoms with E-state index >= 15 is 0 Å². The number of methoxy groups -OCH3 is 1. The number of benzene rings is 2. The van der Waals surface area contributed by atoms with Crippen molar-refractivity contribution in [2.45, 2.75) is 38.8 Å². The number of hydrogen-bond acceptors (Lipinski definition) is 5. The predicted molar refractivity (Wildman–Crippen MR) is 115 cm³/mol. The van der Waals surface area contributed by atoms with Crippen molar-refractivity contribution in [1.29, 1.82) is 0 Å². The summed E-state index contributed by atoms with van der Waals surface area (Å²) in [4.78, 5) is 23.9. The summed E-state index contributed by atoms with van der Waals surface area (Å²) in [6, 6.07) is 14.9. The van der Waals surface area contributed by atoms with E-state index < -0.39 is 23.7 Å². The third-order valence-corrected chi connectivity index (χ3v) is 4.41. The van der Waals surface area contributed by atoms with Gasteiger partial charge in [-0.3, -0.25) is 0 Å². The Morgan fingerprint density at radius 1 is 1.00 bits per heavy atom. The highest BCUT2D eigenvalue weighted by Crippen LogP contribution is 2.24. The van der Waals surface area contributed by atoms with Crippen LogP contribution in [0.5, 0.6) is 5.75 Å². The Labute approximate surface area is 179 Å². The molecule has 2 rings (SSSR count). The zero-order valence-corrected chi connectivity index (χ0v) is 18.6. The number of ether oxygens (including phenoxy) is 3. The molecule has 29 heavy (non-hydrogen) atoms. The fraction of sp³-hybridized carbons (Fsp3) is 0.364. The second-order valence-corrected chi connectivity index (χ2v) is 8.31. The van der Waals surface area contributed by atoms with Crippen molar-refractivity contribution in [3.8, 4) is 16.9 Å². The van der Waals surface area contributed by atoms with Crippen LogP contribution in [0.25, 0.3) is 11.1 Å². The number of alkyl carbamates (subject to hydrolysis) is 1. The largest absolute Gasteiger partial charge is 0.494 e. The van der Waals surface area contributed by atoms with Crippen molar-refractivity contribution in [3.63, 3.8) is 0 Å². The molecule has 0 aliphatic carbocycles. The van der Waals surface area contributed by atoms with Gasteiger partial charge in [0.2, 0.25) is 0 Å². The SMILES string of the molecule is COC(=O)C(CCOc1ccc(-c2ccc(Br)cc2)cc1)NC(=O)OC(C)(C)C. The van der Waals surface area contributed by atoms with Crippen LogP contribution < -0.4 is 10.1 Å². The van der Waals surface area contributed by atoms with Crippen LogP contribution in [0.15, 0.2) is 53.0 Å². The Hall–Kier alpha value is -2.54. The Bertz CT molecular complexity index is 813. The molecule has 1 unspecified atom stereocenters. The summed E-state index contributed by atoms with van der Waals surface area (Å²) < 4.78 is 16.7. The molecule has 1 atom stereocenters. The molecule has 0 saturated carbocycles. The third-order valence-electron chi connectivity index (χ3n) is 3.88. The van der Waals surface area contributed by atoms with Gasteiger partial charge in [-0.25, -0.2) is 9.59 Å². The molecule has 0 aliphatic heterocycles. The second kappa shape index (κ2) is 10.3. The van der Waals surface area contributed by atoms with E-state index in [1.165, 1.54) is 7.11 Å². The van der Waals surface area contributed by atoms with Gasteiger partial charge in [0.25, 0.3) is 0 Å². The third kappa shape index (κ3) is 7.77. The van der Waals surface area contributed by atoms with Crippen LogP contribution in [-0.4, -0.2) is 37.4 Å². The number of esters is 1. The highest BCUT2D eigenvalue weighted by atomic mass is 79.9. The number of carbonyl (C=O) groups is 2. The van der Waals surface area contributed by atoms with Gasteiger partial charge in [0.15, 0.2) is 0 Å². The fourth-order valence-corrected chi connectivity index (χ4v) is 2.79. The molecule has 0 aliphatic rings. The predicted octanol–water partition coefficient (Wildman–Crippen LogP) is 4.95. The van der Waals surface area contributed by atoms with Gasteiger partial charge in [-0.05, 0) is 56.2 Å². The van der Waals surface area contributed by atoms with Crippen LogP contribution >= 0.6 is 15.9 Å². The minimum atomic E-state index is -0.850. The summed E-state index contributed by atoms with van der Waals surface area (Å²) in [5.74, 6) is 0.122. The average Bonchev–Trinajstić information content (AvgIpc) is 2.66. The first kappa shape index (κ1) is 22.7. The standard InChI is InChI=1S/C22H26BrNO5/c1-22(2,3)29-21(26)24-19(20(25)27-4)13-14-28-18-11-7-16(8-12-18)15-5-9-17(23)10-6-15/h5-12,19H,13-14H2,1-4H3,(H,24,26). The summed E-state index contributed by atoms with van der Waals surface area (Å²) >= 11 is 3.43. The normalized spacial score (nSPS) is 12.0. The smallest absolute Gasteiger partial charge is 0.408 e. The molecular weight excluding hydrogens is 438 g/mol. The molecule has 0 spiro atoms. The number of carbonyl (C=O) groups excluding carboxylic acids is 2. The van der Waals surface area contributed by atoms with Gasteiger partial charge in [-0.1, -0.05) is 40.2 Å². The summed E-state index contributed by atoms with van der Waals surface area (Å²) in [6.07, 6.45) is -0.424. The average molecular weight is 464 g/mol. The monoisotopic (exact) mass is 463 g/mol. The van der Waals surface area contributed by atoms with E-state index in [1.807, 2.05) is 48.5 Å². The Morgan fingerprint density at radius 2 is 1.55 bits per heavy atom. The first-order chi connectivity index (χ1) is 13.7. The Balaban J connectivity index is 1.90. The maximum atomic E-state index is 11.9. The van der Waals surface area contributed by atoms with Crippen LogP contribution in [0.2, 0.25) is 0 Å². The molecule has 0 bridgehead atoms. The highest BCUT2D eigenvalue weighted by molar-refractivity contribution is 9.10. The van der Waals surface area contributed by atoms with Crippen molar-refractivity contribution in [2.75, 3.05) is 13.7 Å². The maximum Gasteiger partial charge on any atom is 0.408 e. The van der Waals surface area contributed by atoms with E-state index in [1.54, 1.807) is 20.8 Å². The van der Waals surface area contributed by atoms with Gasteiger partial charge < -0.3 is 19.5 Å². The molecule has 1 amide bonds. The Morgan fingerprint density at radius 3 is 2.07 bits per heavy atom. The lowest BCUT2D eigenvalue weighted by Gasteiger charge is -2.22. The fourth-order valence-electron chi connectivity index (χ4n) is 2.52.